The monoisotopic (exact) mass is 435 g/mol. The molecular weight excluding hydrogens is 412 g/mol. The van der Waals surface area contributed by atoms with Gasteiger partial charge >= 0.3 is 0 Å². The Morgan fingerprint density at radius 3 is 2.56 bits per heavy atom. The van der Waals surface area contributed by atoms with E-state index in [2.05, 4.69) is 121 Å². The lowest BCUT2D eigenvalue weighted by Gasteiger charge is -2.22. The van der Waals surface area contributed by atoms with Gasteiger partial charge in [0, 0.05) is 42.7 Å². The summed E-state index contributed by atoms with van der Waals surface area (Å²) in [6.45, 7) is 0. The fraction of sp³-hybridized carbons (Fsp3) is 0.125. The minimum Gasteiger partial charge on any atom is -0.363 e. The Hall–Kier alpha value is -4.04. The van der Waals surface area contributed by atoms with Gasteiger partial charge in [-0.25, -0.2) is 0 Å². The average Bonchev–Trinajstić information content (AvgIpc) is 3.58. The third-order valence-electron chi connectivity index (χ3n) is 8.16. The molecule has 2 nitrogen and oxygen atoms in total. The molecule has 0 saturated carbocycles. The van der Waals surface area contributed by atoms with Crippen molar-refractivity contribution >= 4 is 34.7 Å². The van der Waals surface area contributed by atoms with Crippen LogP contribution < -0.4 is 20.2 Å². The van der Waals surface area contributed by atoms with Crippen LogP contribution in [0.5, 0.6) is 0 Å². The molecule has 8 rings (SSSR count). The van der Waals surface area contributed by atoms with Crippen LogP contribution in [0.4, 0.5) is 11.4 Å². The fourth-order valence-electron chi connectivity index (χ4n) is 6.61. The van der Waals surface area contributed by atoms with E-state index in [9.17, 15) is 0 Å². The highest BCUT2D eigenvalue weighted by Crippen LogP contribution is 2.55. The molecule has 0 spiro atoms. The second kappa shape index (κ2) is 6.30. The highest BCUT2D eigenvalue weighted by atomic mass is 15.2. The van der Waals surface area contributed by atoms with E-state index >= 15 is 0 Å². The molecule has 2 unspecified atom stereocenters. The van der Waals surface area contributed by atoms with E-state index in [0.717, 1.165) is 0 Å². The highest BCUT2D eigenvalue weighted by molar-refractivity contribution is 6.06. The number of hydrogen-bond donors (Lipinski definition) is 0. The van der Waals surface area contributed by atoms with Gasteiger partial charge in [0.1, 0.15) is 0 Å². The Kier molecular flexibility index (Phi) is 3.41. The molecule has 2 atom stereocenters. The van der Waals surface area contributed by atoms with Crippen molar-refractivity contribution in [2.24, 2.45) is 0 Å². The van der Waals surface area contributed by atoms with E-state index in [1.54, 1.807) is 0 Å². The van der Waals surface area contributed by atoms with Gasteiger partial charge in [-0.15, -0.1) is 0 Å². The first kappa shape index (κ1) is 18.4. The molecule has 0 bridgehead atoms. The molecular formula is C32H23N2. The molecule has 4 aliphatic rings. The average molecular weight is 436 g/mol. The first-order valence-corrected chi connectivity index (χ1v) is 12.0. The molecule has 0 amide bonds. The minimum atomic E-state index is 0.294. The summed E-state index contributed by atoms with van der Waals surface area (Å²) in [6.07, 6.45) is 4.78. The Morgan fingerprint density at radius 1 is 0.765 bits per heavy atom. The zero-order valence-corrected chi connectivity index (χ0v) is 19.2. The van der Waals surface area contributed by atoms with Gasteiger partial charge in [-0.3, -0.25) is 0 Å². The first-order valence-electron chi connectivity index (χ1n) is 12.0. The molecule has 161 valence electrons. The summed E-state index contributed by atoms with van der Waals surface area (Å²) in [5.41, 5.74) is 13.2. The normalized spacial score (nSPS) is 20.3. The van der Waals surface area contributed by atoms with Crippen molar-refractivity contribution in [2.45, 2.75) is 12.1 Å². The van der Waals surface area contributed by atoms with Crippen LogP contribution in [0.25, 0.3) is 34.4 Å². The molecule has 2 aliphatic carbocycles. The van der Waals surface area contributed by atoms with Crippen LogP contribution in [0, 0.1) is 6.07 Å². The van der Waals surface area contributed by atoms with Gasteiger partial charge in [0.15, 0.2) is 0 Å². The van der Waals surface area contributed by atoms with Crippen LogP contribution in [-0.2, 0) is 0 Å². The van der Waals surface area contributed by atoms with Gasteiger partial charge in [-0.1, -0.05) is 66.7 Å². The van der Waals surface area contributed by atoms with E-state index in [1.807, 2.05) is 0 Å². The van der Waals surface area contributed by atoms with E-state index < -0.39 is 0 Å². The van der Waals surface area contributed by atoms with Crippen LogP contribution in [0.2, 0.25) is 0 Å². The summed E-state index contributed by atoms with van der Waals surface area (Å²) >= 11 is 0. The van der Waals surface area contributed by atoms with Gasteiger partial charge in [0.25, 0.3) is 0 Å². The van der Waals surface area contributed by atoms with E-state index in [1.165, 1.54) is 66.3 Å². The second-order valence-electron chi connectivity index (χ2n) is 9.80. The molecule has 2 heterocycles. The third-order valence-corrected chi connectivity index (χ3v) is 8.16. The molecule has 34 heavy (non-hydrogen) atoms. The zero-order chi connectivity index (χ0) is 22.6. The first-order chi connectivity index (χ1) is 16.7. The number of hydrogen-bond acceptors (Lipinski definition) is 2. The zero-order valence-electron chi connectivity index (χ0n) is 19.2. The van der Waals surface area contributed by atoms with Crippen LogP contribution in [-0.4, -0.2) is 20.1 Å². The molecule has 0 aromatic heterocycles. The fourth-order valence-corrected chi connectivity index (χ4v) is 6.61. The molecule has 4 aromatic carbocycles. The number of benzene rings is 4. The standard InChI is InChI=1S/C32H23N2/c1-33-27-15-14-21(16-25(27)30-22-10-5-3-9-20(22)18-29(30)33)23-12-7-13-28-31(23)26-17-19-8-4-6-11-24(19)32(26)34(28)2/h3-15,17-18,29,32H,1-2H3. The summed E-state index contributed by atoms with van der Waals surface area (Å²) in [7, 11) is 4.43. The minimum absolute atomic E-state index is 0.294. The Bertz CT molecular complexity index is 1710. The van der Waals surface area contributed by atoms with Crippen molar-refractivity contribution in [3.63, 3.8) is 0 Å². The molecule has 2 aliphatic heterocycles. The third kappa shape index (κ3) is 2.16. The summed E-state index contributed by atoms with van der Waals surface area (Å²) in [5.74, 6) is 0. The van der Waals surface area contributed by atoms with Crippen LogP contribution in [0.3, 0.4) is 0 Å². The Labute approximate surface area is 199 Å². The molecule has 1 radical (unpaired) electrons. The summed E-state index contributed by atoms with van der Waals surface area (Å²) < 4.78 is 0. The number of fused-ring (bicyclic) bond motifs is 9. The highest BCUT2D eigenvalue weighted by Gasteiger charge is 2.39. The van der Waals surface area contributed by atoms with Gasteiger partial charge in [-0.05, 0) is 68.1 Å². The van der Waals surface area contributed by atoms with Gasteiger partial charge < -0.3 is 9.80 Å². The van der Waals surface area contributed by atoms with Gasteiger partial charge in [0.05, 0.1) is 12.1 Å². The van der Waals surface area contributed by atoms with Crippen molar-refractivity contribution in [2.75, 3.05) is 23.9 Å². The predicted molar refractivity (Wildman–Crippen MR) is 141 cm³/mol. The van der Waals surface area contributed by atoms with Crippen LogP contribution >= 0.6 is 0 Å². The molecule has 0 N–H and O–H groups in total. The van der Waals surface area contributed by atoms with Gasteiger partial charge in [0.2, 0.25) is 0 Å². The van der Waals surface area contributed by atoms with E-state index in [4.69, 9.17) is 0 Å². The Balaban J connectivity index is 1.35. The number of likely N-dealkylation sites (N-methyl/N-ethyl adjacent to an activating group) is 2. The molecule has 0 saturated heterocycles. The SMILES string of the molecule is CN1c2ccc(-c3cccc4c3C3=Cc5ccccc5C3N4C)[c]c2C2=c3ccccc3=CC21. The maximum Gasteiger partial charge on any atom is 0.0805 e. The molecule has 2 heteroatoms. The summed E-state index contributed by atoms with van der Waals surface area (Å²) in [5, 5.41) is 2.68. The lowest BCUT2D eigenvalue weighted by atomic mass is 9.91. The van der Waals surface area contributed by atoms with Crippen molar-refractivity contribution in [1.29, 1.82) is 0 Å². The van der Waals surface area contributed by atoms with Crippen molar-refractivity contribution < 1.29 is 0 Å². The quantitative estimate of drug-likeness (QED) is 0.415. The second-order valence-corrected chi connectivity index (χ2v) is 9.80. The lowest BCUT2D eigenvalue weighted by Crippen LogP contribution is -2.24. The van der Waals surface area contributed by atoms with Crippen molar-refractivity contribution in [1.82, 2.24) is 0 Å². The summed E-state index contributed by atoms with van der Waals surface area (Å²) in [6, 6.07) is 33.3. The number of nitrogens with zero attached hydrogens (tertiary/aromatic N) is 2. The number of anilines is 2. The lowest BCUT2D eigenvalue weighted by molar-refractivity contribution is 0.870. The smallest absolute Gasteiger partial charge is 0.0805 e. The van der Waals surface area contributed by atoms with Crippen molar-refractivity contribution in [3.05, 3.63) is 118 Å². The van der Waals surface area contributed by atoms with Crippen LogP contribution in [0.15, 0.2) is 78.9 Å². The Morgan fingerprint density at radius 2 is 1.62 bits per heavy atom. The predicted octanol–water partition coefficient (Wildman–Crippen LogP) is 5.01. The number of rotatable bonds is 1. The largest absolute Gasteiger partial charge is 0.363 e. The van der Waals surface area contributed by atoms with Crippen molar-refractivity contribution in [3.8, 4) is 11.1 Å². The molecule has 0 fully saturated rings. The maximum absolute atomic E-state index is 3.89. The molecule has 4 aromatic rings. The van der Waals surface area contributed by atoms with Gasteiger partial charge in [-0.2, -0.15) is 0 Å². The topological polar surface area (TPSA) is 6.48 Å². The summed E-state index contributed by atoms with van der Waals surface area (Å²) in [4.78, 5) is 4.82. The maximum atomic E-state index is 3.89. The van der Waals surface area contributed by atoms with E-state index in [0.29, 0.717) is 12.1 Å². The van der Waals surface area contributed by atoms with Crippen LogP contribution in [0.1, 0.15) is 28.3 Å². The van der Waals surface area contributed by atoms with E-state index in [-0.39, 0.29) is 0 Å².